The van der Waals surface area contributed by atoms with Gasteiger partial charge in [0.05, 0.1) is 4.05 Å². The number of rotatable bonds is 6. The molecule has 0 heterocycles. The Morgan fingerprint density at radius 1 is 1.33 bits per heavy atom. The van der Waals surface area contributed by atoms with E-state index >= 15 is 0 Å². The first-order chi connectivity index (χ1) is 5.57. The molecule has 0 rings (SSSR count). The molecule has 0 aromatic heterocycles. The summed E-state index contributed by atoms with van der Waals surface area (Å²) in [6, 6.07) is 0. The SMILES string of the molecule is CCCN(CCC(F)F)C(C)I. The molecule has 0 aliphatic carbocycles. The molecule has 0 radical (unpaired) electrons. The average Bonchev–Trinajstić information content (AvgIpc) is 1.96. The Labute approximate surface area is 86.6 Å². The number of nitrogens with zero attached hydrogens (tertiary/aromatic N) is 1. The summed E-state index contributed by atoms with van der Waals surface area (Å²) >= 11 is 2.26. The van der Waals surface area contributed by atoms with Crippen molar-refractivity contribution < 1.29 is 8.78 Å². The van der Waals surface area contributed by atoms with Crippen LogP contribution in [-0.4, -0.2) is 28.5 Å². The van der Waals surface area contributed by atoms with Crippen molar-refractivity contribution >= 4 is 22.6 Å². The highest BCUT2D eigenvalue weighted by Gasteiger charge is 2.11. The van der Waals surface area contributed by atoms with E-state index in [1.807, 2.05) is 6.92 Å². The molecule has 0 amide bonds. The third kappa shape index (κ3) is 6.11. The van der Waals surface area contributed by atoms with Gasteiger partial charge < -0.3 is 0 Å². The number of halogens is 3. The summed E-state index contributed by atoms with van der Waals surface area (Å²) in [4.78, 5) is 2.08. The zero-order valence-electron chi connectivity index (χ0n) is 7.56. The summed E-state index contributed by atoms with van der Waals surface area (Å²) in [5, 5.41) is 0. The highest BCUT2D eigenvalue weighted by atomic mass is 127. The van der Waals surface area contributed by atoms with E-state index in [4.69, 9.17) is 0 Å². The lowest BCUT2D eigenvalue weighted by atomic mass is 10.3. The first-order valence-corrected chi connectivity index (χ1v) is 5.48. The lowest BCUT2D eigenvalue weighted by Crippen LogP contribution is -2.31. The van der Waals surface area contributed by atoms with Crippen LogP contribution >= 0.6 is 22.6 Å². The molecule has 0 saturated heterocycles. The normalized spacial score (nSPS) is 14.2. The van der Waals surface area contributed by atoms with E-state index in [0.29, 0.717) is 10.6 Å². The van der Waals surface area contributed by atoms with Gasteiger partial charge in [-0.25, -0.2) is 8.78 Å². The molecule has 0 aliphatic rings. The second-order valence-corrected chi connectivity index (χ2v) is 4.59. The maximum atomic E-state index is 11.9. The zero-order valence-corrected chi connectivity index (χ0v) is 9.72. The Morgan fingerprint density at radius 3 is 2.25 bits per heavy atom. The predicted molar refractivity (Wildman–Crippen MR) is 56.0 cm³/mol. The molecule has 1 unspecified atom stereocenters. The summed E-state index contributed by atoms with van der Waals surface area (Å²) < 4.78 is 24.1. The van der Waals surface area contributed by atoms with Crippen molar-refractivity contribution in [1.29, 1.82) is 0 Å². The maximum absolute atomic E-state index is 11.9. The quantitative estimate of drug-likeness (QED) is 0.413. The minimum absolute atomic E-state index is 0.00661. The van der Waals surface area contributed by atoms with Gasteiger partial charge in [0.1, 0.15) is 0 Å². The van der Waals surface area contributed by atoms with E-state index in [9.17, 15) is 8.78 Å². The number of hydrogen-bond acceptors (Lipinski definition) is 1. The Bertz CT molecular complexity index is 109. The first-order valence-electron chi connectivity index (χ1n) is 4.24. The molecular formula is C8H16F2IN. The van der Waals surface area contributed by atoms with E-state index in [1.54, 1.807) is 0 Å². The molecule has 0 N–H and O–H groups in total. The molecule has 12 heavy (non-hydrogen) atoms. The van der Waals surface area contributed by atoms with Crippen LogP contribution in [0.2, 0.25) is 0 Å². The van der Waals surface area contributed by atoms with E-state index in [1.165, 1.54) is 0 Å². The van der Waals surface area contributed by atoms with Gasteiger partial charge in [-0.2, -0.15) is 0 Å². The van der Waals surface area contributed by atoms with Crippen LogP contribution in [0.25, 0.3) is 0 Å². The van der Waals surface area contributed by atoms with Crippen LogP contribution in [0.4, 0.5) is 8.78 Å². The third-order valence-corrected chi connectivity index (χ3v) is 2.44. The van der Waals surface area contributed by atoms with E-state index in [0.717, 1.165) is 13.0 Å². The molecule has 0 fully saturated rings. The van der Waals surface area contributed by atoms with Crippen LogP contribution in [0.5, 0.6) is 0 Å². The van der Waals surface area contributed by atoms with Gasteiger partial charge in [0, 0.05) is 13.0 Å². The summed E-state index contributed by atoms with van der Waals surface area (Å²) in [5.41, 5.74) is 0. The Kier molecular flexibility index (Phi) is 7.32. The van der Waals surface area contributed by atoms with Gasteiger partial charge in [-0.3, -0.25) is 4.90 Å². The van der Waals surface area contributed by atoms with Crippen molar-refractivity contribution in [1.82, 2.24) is 4.90 Å². The van der Waals surface area contributed by atoms with E-state index in [2.05, 4.69) is 34.4 Å². The summed E-state index contributed by atoms with van der Waals surface area (Å²) in [7, 11) is 0. The summed E-state index contributed by atoms with van der Waals surface area (Å²) in [6.07, 6.45) is -1.15. The summed E-state index contributed by atoms with van der Waals surface area (Å²) in [6.45, 7) is 5.52. The fourth-order valence-corrected chi connectivity index (χ4v) is 1.58. The molecule has 1 nitrogen and oxygen atoms in total. The van der Waals surface area contributed by atoms with Crippen LogP contribution in [-0.2, 0) is 0 Å². The molecule has 1 atom stereocenters. The molecule has 0 aromatic carbocycles. The lowest BCUT2D eigenvalue weighted by Gasteiger charge is -2.24. The van der Waals surface area contributed by atoms with Crippen LogP contribution in [0.1, 0.15) is 26.7 Å². The predicted octanol–water partition coefficient (Wildman–Crippen LogP) is 3.13. The Hall–Kier alpha value is 0.550. The monoisotopic (exact) mass is 291 g/mol. The topological polar surface area (TPSA) is 3.24 Å². The molecule has 4 heteroatoms. The van der Waals surface area contributed by atoms with E-state index < -0.39 is 6.43 Å². The van der Waals surface area contributed by atoms with Gasteiger partial charge in [0.25, 0.3) is 0 Å². The fraction of sp³-hybridized carbons (Fsp3) is 1.00. The van der Waals surface area contributed by atoms with Gasteiger partial charge in [-0.1, -0.05) is 29.5 Å². The molecular weight excluding hydrogens is 275 g/mol. The van der Waals surface area contributed by atoms with E-state index in [-0.39, 0.29) is 6.42 Å². The molecule has 0 bridgehead atoms. The fourth-order valence-electron chi connectivity index (χ4n) is 1.02. The molecule has 0 aromatic rings. The van der Waals surface area contributed by atoms with Gasteiger partial charge in [-0.15, -0.1) is 0 Å². The number of hydrogen-bond donors (Lipinski definition) is 0. The molecule has 0 saturated carbocycles. The smallest absolute Gasteiger partial charge is 0.239 e. The Balaban J connectivity index is 3.63. The van der Waals surface area contributed by atoms with Crippen LogP contribution in [0.3, 0.4) is 0 Å². The lowest BCUT2D eigenvalue weighted by molar-refractivity contribution is 0.116. The van der Waals surface area contributed by atoms with Crippen molar-refractivity contribution in [2.45, 2.75) is 37.2 Å². The first kappa shape index (κ1) is 12.6. The minimum atomic E-state index is -2.17. The standard InChI is InChI=1S/C8H16F2IN/c1-3-5-12(7(2)11)6-4-8(9)10/h7-8H,3-6H2,1-2H3. The Morgan fingerprint density at radius 2 is 1.92 bits per heavy atom. The average molecular weight is 291 g/mol. The van der Waals surface area contributed by atoms with Gasteiger partial charge in [0.2, 0.25) is 6.43 Å². The van der Waals surface area contributed by atoms with Crippen molar-refractivity contribution in [3.63, 3.8) is 0 Å². The van der Waals surface area contributed by atoms with Crippen molar-refractivity contribution in [2.75, 3.05) is 13.1 Å². The largest absolute Gasteiger partial charge is 0.292 e. The van der Waals surface area contributed by atoms with Crippen molar-refractivity contribution in [3.8, 4) is 0 Å². The van der Waals surface area contributed by atoms with Crippen molar-refractivity contribution in [3.05, 3.63) is 0 Å². The molecule has 0 aliphatic heterocycles. The van der Waals surface area contributed by atoms with Crippen molar-refractivity contribution in [2.24, 2.45) is 0 Å². The number of alkyl halides is 3. The summed E-state index contributed by atoms with van der Waals surface area (Å²) in [5.74, 6) is 0. The highest BCUT2D eigenvalue weighted by Crippen LogP contribution is 2.10. The molecule has 74 valence electrons. The zero-order chi connectivity index (χ0) is 9.56. The second kappa shape index (κ2) is 7.00. The maximum Gasteiger partial charge on any atom is 0.239 e. The van der Waals surface area contributed by atoms with Gasteiger partial charge >= 0.3 is 0 Å². The minimum Gasteiger partial charge on any atom is -0.292 e. The third-order valence-electron chi connectivity index (χ3n) is 1.65. The second-order valence-electron chi connectivity index (χ2n) is 2.79. The van der Waals surface area contributed by atoms with Gasteiger partial charge in [-0.05, 0) is 19.9 Å². The van der Waals surface area contributed by atoms with Gasteiger partial charge in [0.15, 0.2) is 0 Å². The van der Waals surface area contributed by atoms with Crippen LogP contribution in [0, 0.1) is 0 Å². The molecule has 0 spiro atoms. The highest BCUT2D eigenvalue weighted by molar-refractivity contribution is 14.1. The van der Waals surface area contributed by atoms with Crippen LogP contribution < -0.4 is 0 Å². The van der Waals surface area contributed by atoms with Crippen LogP contribution in [0.15, 0.2) is 0 Å².